The van der Waals surface area contributed by atoms with Gasteiger partial charge in [-0.2, -0.15) is 20.1 Å². The molecule has 0 N–H and O–H groups in total. The second kappa shape index (κ2) is 18.2. The minimum atomic E-state index is -0.935. The van der Waals surface area contributed by atoms with Crippen molar-refractivity contribution in [1.29, 1.82) is 0 Å². The molecule has 3 rings (SSSR count). The topological polar surface area (TPSA) is 0 Å². The first-order valence-electron chi connectivity index (χ1n) is 16.8. The van der Waals surface area contributed by atoms with Gasteiger partial charge in [-0.25, -0.2) is 0 Å². The molecule has 0 bridgehead atoms. The Morgan fingerprint density at radius 1 is 0.478 bits per heavy atom. The van der Waals surface area contributed by atoms with Gasteiger partial charge in [-0.15, -0.1) is 46.2 Å². The van der Waals surface area contributed by atoms with Gasteiger partial charge in [0.2, 0.25) is 0 Å². The summed E-state index contributed by atoms with van der Waals surface area (Å²) in [6, 6.07) is 13.7. The van der Waals surface area contributed by atoms with E-state index in [1.807, 2.05) is 36.5 Å². The van der Waals surface area contributed by atoms with Crippen molar-refractivity contribution in [3.8, 4) is 23.7 Å². The van der Waals surface area contributed by atoms with E-state index in [-0.39, 0.29) is 0 Å². The number of rotatable bonds is 10. The molecule has 2 heterocycles. The minimum absolute atomic E-state index is 0.646. The van der Waals surface area contributed by atoms with Crippen molar-refractivity contribution < 1.29 is 0 Å². The summed E-state index contributed by atoms with van der Waals surface area (Å²) >= 11 is 7.35. The monoisotopic (exact) mass is 732 g/mol. The molecule has 0 unspecified atom stereocenters. The number of hydrogen-bond acceptors (Lipinski definition) is 4. The molecule has 0 atom stereocenters. The highest BCUT2D eigenvalue weighted by Gasteiger charge is 2.38. The van der Waals surface area contributed by atoms with Crippen molar-refractivity contribution in [3.05, 3.63) is 57.3 Å². The maximum absolute atomic E-state index is 3.55. The van der Waals surface area contributed by atoms with Gasteiger partial charge in [0.25, 0.3) is 0 Å². The lowest BCUT2D eigenvalue weighted by atomic mass is 10.1. The standard InChI is InChI=1S/C38H54S6.C2H6/c1-25(2)43(26(3)4,27(5)6)37-21-19-33(41-37)17-15-31-23-36(40-14)32(24-35(31)39-13)16-18-34-20-22-38(42-34)44(28(7)8,29(9)10)30(11)12;1-2/h19-30H,1-14H3;1-2H3. The van der Waals surface area contributed by atoms with Gasteiger partial charge in [0, 0.05) is 29.3 Å². The Bertz CT molecular complexity index is 1370. The van der Waals surface area contributed by atoms with E-state index in [2.05, 4.69) is 156 Å². The van der Waals surface area contributed by atoms with Crippen molar-refractivity contribution in [2.24, 2.45) is 0 Å². The summed E-state index contributed by atoms with van der Waals surface area (Å²) in [5, 5.41) is 3.88. The highest BCUT2D eigenvalue weighted by Crippen LogP contribution is 2.69. The number of thioether (sulfide) groups is 2. The minimum Gasteiger partial charge on any atom is -0.198 e. The van der Waals surface area contributed by atoms with Gasteiger partial charge in [0.05, 0.1) is 9.75 Å². The quantitative estimate of drug-likeness (QED) is 0.150. The lowest BCUT2D eigenvalue weighted by Crippen LogP contribution is -2.28. The van der Waals surface area contributed by atoms with Crippen LogP contribution in [-0.4, -0.2) is 44.0 Å². The molecule has 0 saturated carbocycles. The van der Waals surface area contributed by atoms with E-state index < -0.39 is 20.1 Å². The maximum Gasteiger partial charge on any atom is 0.0783 e. The molecule has 3 aromatic rings. The molecule has 0 nitrogen and oxygen atoms in total. The van der Waals surface area contributed by atoms with Crippen molar-refractivity contribution in [3.63, 3.8) is 0 Å². The third-order valence-electron chi connectivity index (χ3n) is 8.70. The predicted octanol–water partition coefficient (Wildman–Crippen LogP) is 13.9. The van der Waals surface area contributed by atoms with Crippen LogP contribution in [0.1, 0.15) is 118 Å². The zero-order valence-electron chi connectivity index (χ0n) is 31.4. The van der Waals surface area contributed by atoms with Crippen LogP contribution in [0, 0.1) is 23.7 Å². The molecule has 0 radical (unpaired) electrons. The van der Waals surface area contributed by atoms with E-state index in [0.717, 1.165) is 20.9 Å². The normalized spacial score (nSPS) is 12.7. The summed E-state index contributed by atoms with van der Waals surface area (Å²) < 4.78 is 3.10. The summed E-state index contributed by atoms with van der Waals surface area (Å²) in [5.41, 5.74) is 2.19. The third-order valence-corrected chi connectivity index (χ3v) is 25.1. The van der Waals surface area contributed by atoms with E-state index in [1.165, 1.54) is 9.79 Å². The Morgan fingerprint density at radius 3 is 1.00 bits per heavy atom. The highest BCUT2D eigenvalue weighted by atomic mass is 32.3. The van der Waals surface area contributed by atoms with Crippen LogP contribution in [-0.2, 0) is 0 Å². The van der Waals surface area contributed by atoms with Crippen LogP contribution < -0.4 is 0 Å². The fourth-order valence-electron chi connectivity index (χ4n) is 7.17. The van der Waals surface area contributed by atoms with Crippen LogP contribution in [0.5, 0.6) is 0 Å². The molecule has 0 fully saturated rings. The fourth-order valence-corrected chi connectivity index (χ4v) is 24.6. The largest absolute Gasteiger partial charge is 0.198 e. The van der Waals surface area contributed by atoms with Crippen LogP contribution in [0.4, 0.5) is 0 Å². The molecule has 6 heteroatoms. The average Bonchev–Trinajstić information content (AvgIpc) is 3.66. The van der Waals surface area contributed by atoms with Crippen molar-refractivity contribution in [2.45, 2.75) is 147 Å². The second-order valence-corrected chi connectivity index (χ2v) is 26.8. The summed E-state index contributed by atoms with van der Waals surface area (Å²) in [6.45, 7) is 32.9. The second-order valence-electron chi connectivity index (χ2n) is 12.8. The van der Waals surface area contributed by atoms with E-state index in [0.29, 0.717) is 31.5 Å². The average molecular weight is 733 g/mol. The van der Waals surface area contributed by atoms with E-state index in [9.17, 15) is 0 Å². The molecule has 1 aromatic carbocycles. The van der Waals surface area contributed by atoms with Gasteiger partial charge in [-0.1, -0.05) is 121 Å². The van der Waals surface area contributed by atoms with Gasteiger partial charge in [0.15, 0.2) is 0 Å². The van der Waals surface area contributed by atoms with Crippen LogP contribution in [0.2, 0.25) is 0 Å². The third kappa shape index (κ3) is 8.46. The lowest BCUT2D eigenvalue weighted by molar-refractivity contribution is 0.942. The highest BCUT2D eigenvalue weighted by molar-refractivity contribution is 8.36. The molecule has 2 aromatic heterocycles. The number of hydrogen-bond donors (Lipinski definition) is 0. The smallest absolute Gasteiger partial charge is 0.0783 e. The molecule has 0 saturated heterocycles. The van der Waals surface area contributed by atoms with Gasteiger partial charge >= 0.3 is 0 Å². The maximum atomic E-state index is 3.55. The fraction of sp³-hybridized carbons (Fsp3) is 0.550. The molecule has 46 heavy (non-hydrogen) atoms. The predicted molar refractivity (Wildman–Crippen MR) is 224 cm³/mol. The van der Waals surface area contributed by atoms with Crippen LogP contribution in [0.3, 0.4) is 0 Å². The first-order valence-corrected chi connectivity index (χ1v) is 24.5. The van der Waals surface area contributed by atoms with Crippen LogP contribution >= 0.6 is 66.3 Å². The summed E-state index contributed by atoms with van der Waals surface area (Å²) in [6.07, 6.45) is 4.28. The zero-order chi connectivity index (χ0) is 35.0. The Hall–Kier alpha value is -0.860. The number of benzene rings is 1. The molecule has 0 amide bonds. The van der Waals surface area contributed by atoms with E-state index in [4.69, 9.17) is 0 Å². The first kappa shape index (κ1) is 41.3. The summed E-state index contributed by atoms with van der Waals surface area (Å²) in [4.78, 5) is 4.71. The van der Waals surface area contributed by atoms with Crippen LogP contribution in [0.25, 0.3) is 0 Å². The molecular formula is C40H60S6. The molecule has 0 spiro atoms. The molecule has 256 valence electrons. The van der Waals surface area contributed by atoms with Crippen molar-refractivity contribution in [2.75, 3.05) is 12.5 Å². The van der Waals surface area contributed by atoms with Gasteiger partial charge in [-0.3, -0.25) is 0 Å². The van der Waals surface area contributed by atoms with Gasteiger partial charge in [-0.05, 0) is 80.4 Å². The van der Waals surface area contributed by atoms with Gasteiger partial charge in [0.1, 0.15) is 0 Å². The lowest BCUT2D eigenvalue weighted by Gasteiger charge is -2.50. The molecule has 0 aliphatic heterocycles. The first-order chi connectivity index (χ1) is 21.7. The number of thiophene rings is 2. The summed E-state index contributed by atoms with van der Waals surface area (Å²) in [5.74, 6) is 14.2. The molecule has 0 aliphatic carbocycles. The Kier molecular flexibility index (Phi) is 16.4. The Morgan fingerprint density at radius 2 is 0.761 bits per heavy atom. The Labute approximate surface area is 304 Å². The van der Waals surface area contributed by atoms with Gasteiger partial charge < -0.3 is 0 Å². The van der Waals surface area contributed by atoms with Crippen LogP contribution in [0.15, 0.2) is 54.6 Å². The summed E-state index contributed by atoms with van der Waals surface area (Å²) in [7, 11) is -1.87. The Balaban J connectivity index is 0.00000361. The van der Waals surface area contributed by atoms with E-state index >= 15 is 0 Å². The molecule has 0 aliphatic rings. The van der Waals surface area contributed by atoms with E-state index in [1.54, 1.807) is 31.9 Å². The zero-order valence-corrected chi connectivity index (χ0v) is 36.3. The van der Waals surface area contributed by atoms with Crippen molar-refractivity contribution in [1.82, 2.24) is 0 Å². The molecular weight excluding hydrogens is 673 g/mol. The van der Waals surface area contributed by atoms with Crippen molar-refractivity contribution >= 4 is 66.3 Å². The SMILES string of the molecule is CC.CSc1cc(C#Cc2ccc(S(C(C)C)(C(C)C)C(C)C)s2)c(SC)cc1C#Cc1ccc(S(C(C)C)(C(C)C)C(C)C)s1.